The average molecular weight is 585 g/mol. The lowest BCUT2D eigenvalue weighted by Gasteiger charge is -2.43. The Bertz CT molecular complexity index is 1170. The van der Waals surface area contributed by atoms with E-state index in [9.17, 15) is 50.4 Å². The Kier molecular flexibility index (Phi) is 9.51. The fourth-order valence-electron chi connectivity index (χ4n) is 5.24. The summed E-state index contributed by atoms with van der Waals surface area (Å²) >= 11 is 0. The van der Waals surface area contributed by atoms with Crippen LogP contribution in [0.3, 0.4) is 0 Å². The molecule has 41 heavy (non-hydrogen) atoms. The molecule has 0 aromatic heterocycles. The third-order valence-corrected chi connectivity index (χ3v) is 7.44. The number of rotatable bonds is 8. The van der Waals surface area contributed by atoms with Crippen molar-refractivity contribution in [1.82, 2.24) is 0 Å². The van der Waals surface area contributed by atoms with Crippen molar-refractivity contribution >= 4 is 18.0 Å². The molecule has 1 aromatic rings. The van der Waals surface area contributed by atoms with Gasteiger partial charge in [0.05, 0.1) is 44.4 Å². The molecule has 226 valence electrons. The van der Waals surface area contributed by atoms with Gasteiger partial charge in [-0.1, -0.05) is 6.07 Å². The molecule has 11 atom stereocenters. The zero-order valence-corrected chi connectivity index (χ0v) is 21.7. The predicted octanol–water partition coefficient (Wildman–Crippen LogP) is -2.53. The van der Waals surface area contributed by atoms with Crippen LogP contribution < -0.4 is 0 Å². The van der Waals surface area contributed by atoms with Crippen molar-refractivity contribution in [2.75, 3.05) is 20.3 Å². The van der Waals surface area contributed by atoms with Crippen molar-refractivity contribution in [2.24, 2.45) is 17.8 Å². The van der Waals surface area contributed by atoms with Crippen molar-refractivity contribution in [2.45, 2.75) is 49.2 Å². The van der Waals surface area contributed by atoms with Crippen molar-refractivity contribution in [3.05, 3.63) is 41.7 Å². The van der Waals surface area contributed by atoms with E-state index in [2.05, 4.69) is 0 Å². The van der Waals surface area contributed by atoms with E-state index in [0.29, 0.717) is 5.56 Å². The molecule has 1 aromatic carbocycles. The third kappa shape index (κ3) is 6.17. The van der Waals surface area contributed by atoms with Crippen LogP contribution in [0.5, 0.6) is 11.5 Å². The SMILES string of the molecule is COC(=O)C1=CO[C@H](O[C@@H]2O[C@@H](CO)[C@@H](O)[C@@H](O)[C@H]2O)[C@H]2[C@@H](COC(=O)C=Cc3ccc(O)c(O)c3)[C@@H](O)[C@@H](O)[C@H]12. The number of esters is 2. The molecule has 3 aliphatic rings. The average Bonchev–Trinajstić information content (AvgIpc) is 3.22. The summed E-state index contributed by atoms with van der Waals surface area (Å²) in [4.78, 5) is 24.9. The molecule has 0 radical (unpaired) electrons. The number of fused-ring (bicyclic) bond motifs is 1. The minimum atomic E-state index is -1.79. The fourth-order valence-corrected chi connectivity index (χ4v) is 5.24. The van der Waals surface area contributed by atoms with Crippen molar-refractivity contribution in [3.8, 4) is 11.5 Å². The number of hydrogen-bond acceptors (Lipinski definition) is 15. The van der Waals surface area contributed by atoms with Crippen LogP contribution >= 0.6 is 0 Å². The summed E-state index contributed by atoms with van der Waals surface area (Å²) in [5.74, 6) is -5.79. The van der Waals surface area contributed by atoms with E-state index >= 15 is 0 Å². The quantitative estimate of drug-likeness (QED) is 0.0892. The highest BCUT2D eigenvalue weighted by atomic mass is 16.8. The Labute approximate surface area is 233 Å². The first-order valence-corrected chi connectivity index (χ1v) is 12.6. The fraction of sp³-hybridized carbons (Fsp3) is 0.538. The van der Waals surface area contributed by atoms with Crippen molar-refractivity contribution < 1.29 is 74.1 Å². The first kappa shape index (κ1) is 30.7. The van der Waals surface area contributed by atoms with Gasteiger partial charge in [0.2, 0.25) is 6.29 Å². The number of carbonyl (C=O) groups is 2. The van der Waals surface area contributed by atoms with Crippen molar-refractivity contribution in [3.63, 3.8) is 0 Å². The van der Waals surface area contributed by atoms with E-state index in [1.54, 1.807) is 0 Å². The third-order valence-electron chi connectivity index (χ3n) is 7.44. The lowest BCUT2D eigenvalue weighted by Crippen LogP contribution is -2.60. The maximum atomic E-state index is 12.4. The van der Waals surface area contributed by atoms with Gasteiger partial charge in [0.15, 0.2) is 17.8 Å². The number of phenols is 2. The Morgan fingerprint density at radius 2 is 1.68 bits per heavy atom. The molecule has 15 nitrogen and oxygen atoms in total. The number of aliphatic hydroxyl groups excluding tert-OH is 6. The van der Waals surface area contributed by atoms with Gasteiger partial charge < -0.3 is 64.5 Å². The molecule has 2 heterocycles. The topological polar surface area (TPSA) is 242 Å². The zero-order valence-electron chi connectivity index (χ0n) is 21.7. The number of aliphatic hydroxyl groups is 6. The monoisotopic (exact) mass is 584 g/mol. The molecule has 1 saturated heterocycles. The summed E-state index contributed by atoms with van der Waals surface area (Å²) in [5, 5.41) is 80.8. The Hall–Kier alpha value is -3.28. The largest absolute Gasteiger partial charge is 0.504 e. The maximum absolute atomic E-state index is 12.4. The van der Waals surface area contributed by atoms with Gasteiger partial charge >= 0.3 is 11.9 Å². The van der Waals surface area contributed by atoms with Gasteiger partial charge in [-0.3, -0.25) is 0 Å². The summed E-state index contributed by atoms with van der Waals surface area (Å²) in [6.07, 6.45) is -9.41. The summed E-state index contributed by atoms with van der Waals surface area (Å²) in [6.45, 7) is -1.21. The molecule has 0 amide bonds. The number of benzene rings is 1. The lowest BCUT2D eigenvalue weighted by atomic mass is 9.82. The van der Waals surface area contributed by atoms with E-state index in [4.69, 9.17) is 23.7 Å². The standard InChI is InChI=1S/C26H32O15/c1-37-24(36)12-9-39-25(41-26-23(35)22(34)20(32)15(7-27)40-26)18-11(19(31)21(33)17(12)18)8-38-16(30)5-3-10-2-4-13(28)14(29)6-10/h2-6,9,11,15,17-23,25-29,31-35H,7-8H2,1H3/t11-,15+,17-,18+,19-,20-,21+,22-,23-,25-,26+/m1/s1. The van der Waals surface area contributed by atoms with Gasteiger partial charge in [0.1, 0.15) is 24.4 Å². The van der Waals surface area contributed by atoms with Crippen LogP contribution in [0.15, 0.2) is 36.1 Å². The minimum Gasteiger partial charge on any atom is -0.504 e. The van der Waals surface area contributed by atoms with Crippen LogP contribution in [0.4, 0.5) is 0 Å². The second kappa shape index (κ2) is 12.7. The second-order valence-corrected chi connectivity index (χ2v) is 9.86. The summed E-state index contributed by atoms with van der Waals surface area (Å²) in [5.41, 5.74) is 0.230. The smallest absolute Gasteiger partial charge is 0.337 e. The van der Waals surface area contributed by atoms with Gasteiger partial charge in [0, 0.05) is 23.8 Å². The molecule has 0 unspecified atom stereocenters. The van der Waals surface area contributed by atoms with Gasteiger partial charge in [0.25, 0.3) is 0 Å². The Balaban J connectivity index is 1.54. The van der Waals surface area contributed by atoms with Crippen LogP contribution in [-0.4, -0.2) is 122 Å². The van der Waals surface area contributed by atoms with Crippen LogP contribution in [0.2, 0.25) is 0 Å². The molecule has 0 spiro atoms. The van der Waals surface area contributed by atoms with Crippen LogP contribution in [0.1, 0.15) is 5.56 Å². The number of hydrogen-bond donors (Lipinski definition) is 8. The van der Waals surface area contributed by atoms with E-state index in [0.717, 1.165) is 19.4 Å². The second-order valence-electron chi connectivity index (χ2n) is 9.86. The van der Waals surface area contributed by atoms with E-state index in [1.165, 1.54) is 24.3 Å². The first-order chi connectivity index (χ1) is 19.5. The molecular weight excluding hydrogens is 552 g/mol. The van der Waals surface area contributed by atoms with Crippen molar-refractivity contribution in [1.29, 1.82) is 0 Å². The van der Waals surface area contributed by atoms with Gasteiger partial charge in [-0.05, 0) is 23.8 Å². The molecule has 2 fully saturated rings. The van der Waals surface area contributed by atoms with Gasteiger partial charge in [-0.15, -0.1) is 0 Å². The number of carbonyl (C=O) groups excluding carboxylic acids is 2. The highest BCUT2D eigenvalue weighted by Gasteiger charge is 2.59. The number of methoxy groups -OCH3 is 1. The maximum Gasteiger partial charge on any atom is 0.337 e. The van der Waals surface area contributed by atoms with E-state index in [-0.39, 0.29) is 11.3 Å². The van der Waals surface area contributed by atoms with E-state index < -0.39 is 97.9 Å². The molecular formula is C26H32O15. The number of aromatic hydroxyl groups is 2. The molecule has 2 aliphatic heterocycles. The molecule has 4 rings (SSSR count). The van der Waals surface area contributed by atoms with Gasteiger partial charge in [-0.25, -0.2) is 9.59 Å². The molecule has 1 aliphatic carbocycles. The van der Waals surface area contributed by atoms with Crippen LogP contribution in [0.25, 0.3) is 6.08 Å². The predicted molar refractivity (Wildman–Crippen MR) is 132 cm³/mol. The van der Waals surface area contributed by atoms with Gasteiger partial charge in [-0.2, -0.15) is 0 Å². The van der Waals surface area contributed by atoms with Crippen LogP contribution in [-0.2, 0) is 33.3 Å². The molecule has 8 N–H and O–H groups in total. The Morgan fingerprint density at radius 3 is 2.34 bits per heavy atom. The molecule has 15 heteroatoms. The molecule has 0 bridgehead atoms. The lowest BCUT2D eigenvalue weighted by molar-refractivity contribution is -0.343. The molecule has 1 saturated carbocycles. The summed E-state index contributed by atoms with van der Waals surface area (Å²) in [7, 11) is 1.10. The van der Waals surface area contributed by atoms with Crippen LogP contribution in [0, 0.1) is 17.8 Å². The summed E-state index contributed by atoms with van der Waals surface area (Å²) in [6, 6.07) is 3.87. The minimum absolute atomic E-state index is 0.140. The highest BCUT2D eigenvalue weighted by Crippen LogP contribution is 2.48. The number of ether oxygens (including phenoxy) is 5. The normalized spacial score (nSPS) is 36.8. The highest BCUT2D eigenvalue weighted by molar-refractivity contribution is 5.89. The zero-order chi connectivity index (χ0) is 30.0. The first-order valence-electron chi connectivity index (χ1n) is 12.6. The summed E-state index contributed by atoms with van der Waals surface area (Å²) < 4.78 is 26.7. The van der Waals surface area contributed by atoms with E-state index in [1.807, 2.05) is 0 Å². The number of phenolic OH excluding ortho intramolecular Hbond substituents is 2. The Morgan fingerprint density at radius 1 is 0.951 bits per heavy atom.